The van der Waals surface area contributed by atoms with Crippen LogP contribution in [0.4, 0.5) is 19.0 Å². The van der Waals surface area contributed by atoms with Crippen LogP contribution in [0, 0.1) is 0 Å². The number of hydrogen-bond donors (Lipinski definition) is 0. The van der Waals surface area contributed by atoms with Gasteiger partial charge in [0.15, 0.2) is 0 Å². The molecule has 1 aliphatic carbocycles. The summed E-state index contributed by atoms with van der Waals surface area (Å²) < 4.78 is 40.1. The van der Waals surface area contributed by atoms with Crippen molar-refractivity contribution >= 4 is 11.7 Å². The van der Waals surface area contributed by atoms with Crippen LogP contribution in [-0.2, 0) is 19.9 Å². The molecule has 0 fully saturated rings. The molecule has 122 valence electrons. The summed E-state index contributed by atoms with van der Waals surface area (Å²) in [5.74, 6) is -0.748. The zero-order valence-corrected chi connectivity index (χ0v) is 12.5. The van der Waals surface area contributed by atoms with Crippen LogP contribution in [0.25, 0.3) is 0 Å². The molecule has 0 atom stereocenters. The number of amides is 1. The van der Waals surface area contributed by atoms with E-state index in [2.05, 4.69) is 10.1 Å². The lowest BCUT2D eigenvalue weighted by Gasteiger charge is -2.23. The molecule has 23 heavy (non-hydrogen) atoms. The second-order valence-electron chi connectivity index (χ2n) is 5.45. The quantitative estimate of drug-likeness (QED) is 0.872. The Morgan fingerprint density at radius 3 is 2.78 bits per heavy atom. The van der Waals surface area contributed by atoms with Crippen molar-refractivity contribution in [3.8, 4) is 0 Å². The van der Waals surface area contributed by atoms with Gasteiger partial charge in [0.2, 0.25) is 0 Å². The third kappa shape index (κ3) is 3.06. The molecule has 5 nitrogen and oxygen atoms in total. The topological polar surface area (TPSA) is 51.0 Å². The lowest BCUT2D eigenvalue weighted by molar-refractivity contribution is -0.118. The number of rotatable bonds is 3. The van der Waals surface area contributed by atoms with Gasteiger partial charge in [-0.2, -0.15) is 18.3 Å². The molecule has 0 spiro atoms. The van der Waals surface area contributed by atoms with Crippen LogP contribution < -0.4 is 4.90 Å². The molecule has 2 aromatic rings. The molecular weight excluding hydrogens is 309 g/mol. The molecule has 0 aromatic carbocycles. The Labute approximate surface area is 130 Å². The zero-order valence-electron chi connectivity index (χ0n) is 12.5. The molecule has 8 heteroatoms. The standard InChI is InChI=1S/C15H15F3N4O/c1-21-13(10-5-4-6-11(10)20-21)14(23)22(9-15(16,17)18)12-7-2-3-8-19-12/h2-3,7-8H,4-6,9H2,1H3. The highest BCUT2D eigenvalue weighted by atomic mass is 19.4. The number of aromatic nitrogens is 3. The number of nitrogens with zero attached hydrogens (tertiary/aromatic N) is 4. The van der Waals surface area contributed by atoms with Crippen LogP contribution in [0.3, 0.4) is 0 Å². The summed E-state index contributed by atoms with van der Waals surface area (Å²) in [5, 5.41) is 4.25. The van der Waals surface area contributed by atoms with Crippen LogP contribution in [0.1, 0.15) is 28.2 Å². The van der Waals surface area contributed by atoms with Crippen molar-refractivity contribution in [1.29, 1.82) is 0 Å². The number of carbonyl (C=O) groups excluding carboxylic acids is 1. The predicted molar refractivity (Wildman–Crippen MR) is 77.2 cm³/mol. The van der Waals surface area contributed by atoms with Crippen molar-refractivity contribution in [1.82, 2.24) is 14.8 Å². The SMILES string of the molecule is Cn1nc2c(c1C(=O)N(CC(F)(F)F)c1ccccn1)CCC2. The lowest BCUT2D eigenvalue weighted by atomic mass is 10.1. The minimum absolute atomic E-state index is 0.0252. The highest BCUT2D eigenvalue weighted by Gasteiger charge is 2.37. The van der Waals surface area contributed by atoms with Gasteiger partial charge in [0.25, 0.3) is 5.91 Å². The van der Waals surface area contributed by atoms with Crippen molar-refractivity contribution in [3.05, 3.63) is 41.3 Å². The van der Waals surface area contributed by atoms with Gasteiger partial charge in [-0.05, 0) is 31.4 Å². The second-order valence-corrected chi connectivity index (χ2v) is 5.45. The normalized spacial score (nSPS) is 13.9. The molecule has 2 aromatic heterocycles. The largest absolute Gasteiger partial charge is 0.406 e. The van der Waals surface area contributed by atoms with Crippen molar-refractivity contribution < 1.29 is 18.0 Å². The Bertz CT molecular complexity index is 724. The smallest absolute Gasteiger partial charge is 0.282 e. The Hall–Kier alpha value is -2.38. The van der Waals surface area contributed by atoms with Gasteiger partial charge >= 0.3 is 6.18 Å². The van der Waals surface area contributed by atoms with E-state index < -0.39 is 18.6 Å². The number of hydrogen-bond acceptors (Lipinski definition) is 3. The maximum absolute atomic E-state index is 12.9. The van der Waals surface area contributed by atoms with E-state index in [0.29, 0.717) is 11.3 Å². The van der Waals surface area contributed by atoms with Gasteiger partial charge in [-0.15, -0.1) is 0 Å². The van der Waals surface area contributed by atoms with Crippen LogP contribution in [0.2, 0.25) is 0 Å². The fourth-order valence-corrected chi connectivity index (χ4v) is 2.86. The van der Waals surface area contributed by atoms with Crippen molar-refractivity contribution in [3.63, 3.8) is 0 Å². The molecule has 3 rings (SSSR count). The van der Waals surface area contributed by atoms with Crippen LogP contribution in [-0.4, -0.2) is 33.4 Å². The van der Waals surface area contributed by atoms with Crippen molar-refractivity contribution in [2.45, 2.75) is 25.4 Å². The Morgan fingerprint density at radius 2 is 2.13 bits per heavy atom. The Balaban J connectivity index is 2.02. The van der Waals surface area contributed by atoms with E-state index in [0.717, 1.165) is 24.1 Å². The van der Waals surface area contributed by atoms with Crippen LogP contribution in [0.15, 0.2) is 24.4 Å². The van der Waals surface area contributed by atoms with Gasteiger partial charge in [0.1, 0.15) is 18.1 Å². The summed E-state index contributed by atoms with van der Waals surface area (Å²) >= 11 is 0. The molecule has 1 aliphatic rings. The number of halogens is 3. The third-order valence-electron chi connectivity index (χ3n) is 3.78. The van der Waals surface area contributed by atoms with Crippen LogP contribution >= 0.6 is 0 Å². The van der Waals surface area contributed by atoms with E-state index in [1.54, 1.807) is 19.2 Å². The summed E-state index contributed by atoms with van der Waals surface area (Å²) in [5.41, 5.74) is 1.76. The predicted octanol–water partition coefficient (Wildman–Crippen LogP) is 2.51. The summed E-state index contributed by atoms with van der Waals surface area (Å²) in [4.78, 5) is 17.3. The first-order valence-corrected chi connectivity index (χ1v) is 7.21. The number of aryl methyl sites for hydroxylation is 2. The first-order chi connectivity index (χ1) is 10.9. The molecule has 0 unspecified atom stereocenters. The molecule has 2 heterocycles. The van der Waals surface area contributed by atoms with E-state index in [1.807, 2.05) is 0 Å². The molecular formula is C15H15F3N4O. The van der Waals surface area contributed by atoms with Gasteiger partial charge in [-0.25, -0.2) is 4.98 Å². The maximum Gasteiger partial charge on any atom is 0.406 e. The third-order valence-corrected chi connectivity index (χ3v) is 3.78. The van der Waals surface area contributed by atoms with Crippen LogP contribution in [0.5, 0.6) is 0 Å². The fraction of sp³-hybridized carbons (Fsp3) is 0.400. The molecule has 0 radical (unpaired) electrons. The van der Waals surface area contributed by atoms with E-state index in [-0.39, 0.29) is 11.5 Å². The lowest BCUT2D eigenvalue weighted by Crippen LogP contribution is -2.40. The average molecular weight is 324 g/mol. The van der Waals surface area contributed by atoms with Gasteiger partial charge in [-0.1, -0.05) is 6.07 Å². The van der Waals surface area contributed by atoms with Gasteiger partial charge in [0, 0.05) is 18.8 Å². The molecule has 0 saturated carbocycles. The summed E-state index contributed by atoms with van der Waals surface area (Å²) in [6, 6.07) is 4.52. The number of anilines is 1. The van der Waals surface area contributed by atoms with E-state index >= 15 is 0 Å². The van der Waals surface area contributed by atoms with Gasteiger partial charge in [0.05, 0.1) is 5.69 Å². The van der Waals surface area contributed by atoms with Gasteiger partial charge < -0.3 is 0 Å². The molecule has 0 bridgehead atoms. The molecule has 0 saturated heterocycles. The number of alkyl halides is 3. The highest BCUT2D eigenvalue weighted by Crippen LogP contribution is 2.28. The zero-order chi connectivity index (χ0) is 16.6. The minimum atomic E-state index is -4.52. The average Bonchev–Trinajstić information content (AvgIpc) is 3.04. The maximum atomic E-state index is 12.9. The molecule has 0 aliphatic heterocycles. The number of carbonyl (C=O) groups is 1. The van der Waals surface area contributed by atoms with Crippen molar-refractivity contribution in [2.24, 2.45) is 7.05 Å². The molecule has 1 amide bonds. The first kappa shape index (κ1) is 15.5. The Kier molecular flexibility index (Phi) is 3.83. The summed E-state index contributed by atoms with van der Waals surface area (Å²) in [6.07, 6.45) is -0.887. The Morgan fingerprint density at radius 1 is 1.35 bits per heavy atom. The van der Waals surface area contributed by atoms with E-state index in [1.165, 1.54) is 16.9 Å². The number of fused-ring (bicyclic) bond motifs is 1. The molecule has 0 N–H and O–H groups in total. The van der Waals surface area contributed by atoms with Crippen molar-refractivity contribution in [2.75, 3.05) is 11.4 Å². The van der Waals surface area contributed by atoms with E-state index in [4.69, 9.17) is 0 Å². The fourth-order valence-electron chi connectivity index (χ4n) is 2.86. The van der Waals surface area contributed by atoms with Gasteiger partial charge in [-0.3, -0.25) is 14.4 Å². The minimum Gasteiger partial charge on any atom is -0.282 e. The summed E-state index contributed by atoms with van der Waals surface area (Å²) in [7, 11) is 1.58. The highest BCUT2D eigenvalue weighted by molar-refractivity contribution is 6.05. The second kappa shape index (κ2) is 5.68. The summed E-state index contributed by atoms with van der Waals surface area (Å²) in [6.45, 7) is -1.39. The van der Waals surface area contributed by atoms with E-state index in [9.17, 15) is 18.0 Å². The monoisotopic (exact) mass is 324 g/mol. The first-order valence-electron chi connectivity index (χ1n) is 7.21. The number of pyridine rings is 1.